The lowest BCUT2D eigenvalue weighted by atomic mass is 10.1. The fourth-order valence-corrected chi connectivity index (χ4v) is 1.80. The van der Waals surface area contributed by atoms with E-state index in [1.807, 2.05) is 0 Å². The second kappa shape index (κ2) is 5.80. The lowest BCUT2D eigenvalue weighted by Crippen LogP contribution is -3.10. The Morgan fingerprint density at radius 3 is 2.29 bits per heavy atom. The largest absolute Gasteiger partial charge is 0.460 e. The Morgan fingerprint density at radius 1 is 1.36 bits per heavy atom. The zero-order chi connectivity index (χ0) is 10.8. The summed E-state index contributed by atoms with van der Waals surface area (Å²) in [4.78, 5) is 13.1. The van der Waals surface area contributed by atoms with Crippen LogP contribution in [-0.4, -0.2) is 31.6 Å². The Labute approximate surface area is 125 Å². The minimum Gasteiger partial charge on any atom is -0.460 e. The van der Waals surface area contributed by atoms with Gasteiger partial charge in [-0.3, -0.25) is 0 Å². The number of rotatable bonds is 2. The summed E-state index contributed by atoms with van der Waals surface area (Å²) in [6.45, 7) is 2.21. The van der Waals surface area contributed by atoms with E-state index in [-0.39, 0.29) is 12.1 Å². The Kier molecular flexibility index (Phi) is 5.67. The Hall–Kier alpha value is 1.62. The van der Waals surface area contributed by atoms with Gasteiger partial charge in [0.25, 0.3) is 0 Å². The number of hydrogen-bond donors (Lipinski definition) is 1. The Bertz CT molecular complexity index is 209. The number of piperidine rings is 1. The Balaban J connectivity index is 2.35. The average molecular weight is 536 g/mol. The summed E-state index contributed by atoms with van der Waals surface area (Å²) >= 11 is 6.29. The van der Waals surface area contributed by atoms with Gasteiger partial charge in [-0.05, 0) is 67.8 Å². The van der Waals surface area contributed by atoms with Crippen molar-refractivity contribution in [2.45, 2.75) is 18.4 Å². The predicted octanol–water partition coefficient (Wildman–Crippen LogP) is 1.17. The van der Waals surface area contributed by atoms with Gasteiger partial charge < -0.3 is 9.64 Å². The highest BCUT2D eigenvalue weighted by Gasteiger charge is 2.33. The van der Waals surface area contributed by atoms with Crippen molar-refractivity contribution in [2.75, 3.05) is 20.1 Å². The van der Waals surface area contributed by atoms with Crippen LogP contribution in [0, 0.1) is 0 Å². The van der Waals surface area contributed by atoms with Crippen LogP contribution in [0.3, 0.4) is 0 Å². The van der Waals surface area contributed by atoms with Crippen LogP contribution >= 0.6 is 67.8 Å². The van der Waals surface area contributed by atoms with Gasteiger partial charge in [0.1, 0.15) is 6.10 Å². The highest BCUT2D eigenvalue weighted by atomic mass is 127. The van der Waals surface area contributed by atoms with E-state index in [0.717, 1.165) is 25.9 Å². The van der Waals surface area contributed by atoms with Crippen molar-refractivity contribution in [1.29, 1.82) is 0 Å². The zero-order valence-corrected chi connectivity index (χ0v) is 14.3. The Morgan fingerprint density at radius 2 is 1.86 bits per heavy atom. The number of halogens is 3. The van der Waals surface area contributed by atoms with Gasteiger partial charge in [0.2, 0.25) is -0.565 Å². The molecule has 0 aromatic heterocycles. The highest BCUT2D eigenvalue weighted by Crippen LogP contribution is 2.37. The van der Waals surface area contributed by atoms with E-state index >= 15 is 0 Å². The molecular weight excluding hydrogens is 523 g/mol. The maximum Gasteiger partial charge on any atom is 0.342 e. The maximum absolute atomic E-state index is 11.6. The summed E-state index contributed by atoms with van der Waals surface area (Å²) in [5.74, 6) is -0.108. The number of likely N-dealkylation sites (tertiary alicyclic amines) is 1. The third-order valence-electron chi connectivity index (χ3n) is 2.29. The van der Waals surface area contributed by atoms with Gasteiger partial charge in [-0.15, -0.1) is 0 Å². The smallest absolute Gasteiger partial charge is 0.342 e. The molecule has 3 nitrogen and oxygen atoms in total. The maximum atomic E-state index is 11.6. The van der Waals surface area contributed by atoms with E-state index in [4.69, 9.17) is 4.74 Å². The van der Waals surface area contributed by atoms with Crippen molar-refractivity contribution in [2.24, 2.45) is 0 Å². The van der Waals surface area contributed by atoms with Crippen molar-refractivity contribution < 1.29 is 14.4 Å². The third-order valence-corrected chi connectivity index (χ3v) is 3.61. The van der Waals surface area contributed by atoms with E-state index in [0.29, 0.717) is 0 Å². The molecule has 1 saturated heterocycles. The molecule has 1 aliphatic heterocycles. The molecule has 0 saturated carbocycles. The van der Waals surface area contributed by atoms with Gasteiger partial charge in [-0.1, -0.05) is 0 Å². The van der Waals surface area contributed by atoms with Crippen molar-refractivity contribution in [3.63, 3.8) is 0 Å². The van der Waals surface area contributed by atoms with E-state index < -0.39 is -0.565 Å². The van der Waals surface area contributed by atoms with E-state index in [9.17, 15) is 4.79 Å². The van der Waals surface area contributed by atoms with Crippen molar-refractivity contribution in [3.8, 4) is 0 Å². The SMILES string of the molecule is C[NH+]1CCC(OC(=O)C(I)(I)I)CC1. The number of quaternary nitrogens is 1. The fourth-order valence-electron chi connectivity index (χ4n) is 1.42. The number of hydrogen-bond acceptors (Lipinski definition) is 2. The van der Waals surface area contributed by atoms with Gasteiger partial charge in [0.05, 0.1) is 20.1 Å². The lowest BCUT2D eigenvalue weighted by Gasteiger charge is -2.27. The molecule has 0 atom stereocenters. The zero-order valence-electron chi connectivity index (χ0n) is 7.86. The van der Waals surface area contributed by atoms with Crippen LogP contribution in [0.5, 0.6) is 0 Å². The summed E-state index contributed by atoms with van der Waals surface area (Å²) in [6.07, 6.45) is 2.14. The minimum absolute atomic E-state index is 0.108. The van der Waals surface area contributed by atoms with Crippen LogP contribution < -0.4 is 4.90 Å². The van der Waals surface area contributed by atoms with Crippen LogP contribution in [0.2, 0.25) is 0 Å². The molecule has 0 aromatic rings. The minimum atomic E-state index is -0.455. The number of carbonyl (C=O) groups is 1. The molecule has 1 heterocycles. The molecule has 0 spiro atoms. The van der Waals surface area contributed by atoms with Gasteiger partial charge in [-0.25, -0.2) is 4.79 Å². The standard InChI is InChI=1S/C8H12I3NO2/c1-12-4-2-6(3-5-12)14-7(13)8(9,10)11/h6H,2-5H2,1H3/p+1. The molecule has 14 heavy (non-hydrogen) atoms. The summed E-state index contributed by atoms with van der Waals surface area (Å²) in [6, 6.07) is 0. The van der Waals surface area contributed by atoms with Crippen molar-refractivity contribution in [1.82, 2.24) is 0 Å². The number of carbonyl (C=O) groups excluding carboxylic acids is 1. The van der Waals surface area contributed by atoms with Gasteiger partial charge in [0.15, 0.2) is 0 Å². The van der Waals surface area contributed by atoms with Crippen LogP contribution in [0.4, 0.5) is 0 Å². The number of ether oxygens (including phenoxy) is 1. The average Bonchev–Trinajstić information content (AvgIpc) is 2.07. The van der Waals surface area contributed by atoms with Gasteiger partial charge >= 0.3 is 5.97 Å². The molecule has 1 rings (SSSR count). The summed E-state index contributed by atoms with van der Waals surface area (Å²) in [5.41, 5.74) is 0. The molecule has 1 N–H and O–H groups in total. The first kappa shape index (κ1) is 13.7. The third kappa shape index (κ3) is 4.64. The molecule has 82 valence electrons. The molecule has 6 heteroatoms. The second-order valence-corrected chi connectivity index (χ2v) is 14.6. The monoisotopic (exact) mass is 536 g/mol. The normalized spacial score (nSPS) is 28.6. The van der Waals surface area contributed by atoms with Gasteiger partial charge in [-0.2, -0.15) is 0 Å². The van der Waals surface area contributed by atoms with E-state index in [1.54, 1.807) is 0 Å². The first-order valence-corrected chi connectivity index (χ1v) is 7.72. The van der Waals surface area contributed by atoms with Crippen LogP contribution in [-0.2, 0) is 9.53 Å². The van der Waals surface area contributed by atoms with Gasteiger partial charge in [0, 0.05) is 12.8 Å². The molecule has 0 bridgehead atoms. The predicted molar refractivity (Wildman–Crippen MR) is 80.5 cm³/mol. The molecular formula is C8H13I3NO2+. The molecule has 1 fully saturated rings. The first-order valence-electron chi connectivity index (χ1n) is 4.48. The first-order chi connectivity index (χ1) is 6.39. The number of nitrogens with one attached hydrogen (secondary N) is 1. The highest BCUT2D eigenvalue weighted by molar-refractivity contribution is 14.3. The molecule has 0 aromatic carbocycles. The molecule has 1 aliphatic rings. The fraction of sp³-hybridized carbons (Fsp3) is 0.875. The van der Waals surface area contributed by atoms with Crippen LogP contribution in [0.25, 0.3) is 0 Å². The summed E-state index contributed by atoms with van der Waals surface area (Å²) in [7, 11) is 2.18. The lowest BCUT2D eigenvalue weighted by molar-refractivity contribution is -0.885. The second-order valence-electron chi connectivity index (χ2n) is 3.56. The van der Waals surface area contributed by atoms with E-state index in [1.165, 1.54) is 4.90 Å². The quantitative estimate of drug-likeness (QED) is 0.327. The summed E-state index contributed by atoms with van der Waals surface area (Å²) in [5, 5.41) is 0. The van der Waals surface area contributed by atoms with Crippen LogP contribution in [0.15, 0.2) is 0 Å². The topological polar surface area (TPSA) is 30.7 Å². The van der Waals surface area contributed by atoms with E-state index in [2.05, 4.69) is 74.8 Å². The number of esters is 1. The molecule has 0 radical (unpaired) electrons. The molecule has 0 aliphatic carbocycles. The molecule has 0 unspecified atom stereocenters. The van der Waals surface area contributed by atoms with Crippen LogP contribution in [0.1, 0.15) is 12.8 Å². The molecule has 0 amide bonds. The van der Waals surface area contributed by atoms with Crippen molar-refractivity contribution in [3.05, 3.63) is 0 Å². The summed E-state index contributed by atoms with van der Waals surface area (Å²) < 4.78 is 4.97. The number of alkyl halides is 3. The van der Waals surface area contributed by atoms with Crippen molar-refractivity contribution >= 4 is 73.7 Å².